The first-order valence-corrected chi connectivity index (χ1v) is 6.89. The molecule has 0 spiro atoms. The molecule has 0 heterocycles. The zero-order chi connectivity index (χ0) is 14.5. The average molecular weight is 342 g/mol. The van der Waals surface area contributed by atoms with Crippen LogP contribution in [0.3, 0.4) is 0 Å². The molecule has 0 unspecified atom stereocenters. The van der Waals surface area contributed by atoms with Crippen LogP contribution in [0.15, 0.2) is 40.9 Å². The molecule has 106 valence electrons. The summed E-state index contributed by atoms with van der Waals surface area (Å²) in [5.74, 6) is -0.586. The maximum atomic E-state index is 13.8. The van der Waals surface area contributed by atoms with E-state index in [1.54, 1.807) is 25.2 Å². The Hall–Kier alpha value is -1.46. The third-order valence-electron chi connectivity index (χ3n) is 2.72. The van der Waals surface area contributed by atoms with Gasteiger partial charge in [-0.25, -0.2) is 8.78 Å². The van der Waals surface area contributed by atoms with Gasteiger partial charge in [-0.05, 0) is 36.9 Å². The average Bonchev–Trinajstić information content (AvgIpc) is 2.37. The molecule has 0 aromatic heterocycles. The van der Waals surface area contributed by atoms with Gasteiger partial charge in [-0.1, -0.05) is 28.1 Å². The lowest BCUT2D eigenvalue weighted by Crippen LogP contribution is -2.08. The van der Waals surface area contributed by atoms with Gasteiger partial charge in [-0.2, -0.15) is 0 Å². The second-order valence-electron chi connectivity index (χ2n) is 4.32. The molecule has 2 nitrogen and oxygen atoms in total. The second-order valence-corrected chi connectivity index (χ2v) is 5.24. The summed E-state index contributed by atoms with van der Waals surface area (Å²) in [5, 5.41) is 2.95. The number of rotatable bonds is 5. The molecule has 0 amide bonds. The van der Waals surface area contributed by atoms with Gasteiger partial charge in [0.25, 0.3) is 0 Å². The third kappa shape index (κ3) is 3.77. The molecule has 0 atom stereocenters. The van der Waals surface area contributed by atoms with Crippen molar-refractivity contribution in [2.45, 2.75) is 13.2 Å². The van der Waals surface area contributed by atoms with Gasteiger partial charge < -0.3 is 10.1 Å². The van der Waals surface area contributed by atoms with Gasteiger partial charge >= 0.3 is 0 Å². The highest BCUT2D eigenvalue weighted by Gasteiger charge is 2.10. The van der Waals surface area contributed by atoms with Crippen LogP contribution in [-0.4, -0.2) is 7.05 Å². The number of halogens is 3. The van der Waals surface area contributed by atoms with Gasteiger partial charge in [-0.15, -0.1) is 0 Å². The van der Waals surface area contributed by atoms with E-state index in [0.29, 0.717) is 16.6 Å². The van der Waals surface area contributed by atoms with Crippen molar-refractivity contribution in [2.75, 3.05) is 7.05 Å². The fourth-order valence-corrected chi connectivity index (χ4v) is 2.41. The predicted molar refractivity (Wildman–Crippen MR) is 77.6 cm³/mol. The smallest absolute Gasteiger partial charge is 0.165 e. The van der Waals surface area contributed by atoms with Crippen LogP contribution in [0.5, 0.6) is 5.75 Å². The molecule has 0 aliphatic carbocycles. The lowest BCUT2D eigenvalue weighted by atomic mass is 10.2. The van der Waals surface area contributed by atoms with E-state index >= 15 is 0 Å². The number of hydrogen-bond donors (Lipinski definition) is 1. The quantitative estimate of drug-likeness (QED) is 0.886. The molecule has 0 aliphatic rings. The summed E-state index contributed by atoms with van der Waals surface area (Å²) < 4.78 is 33.2. The Morgan fingerprint density at radius 2 is 2.00 bits per heavy atom. The van der Waals surface area contributed by atoms with E-state index in [0.717, 1.165) is 5.56 Å². The minimum atomic E-state index is -0.423. The van der Waals surface area contributed by atoms with Crippen LogP contribution in [0, 0.1) is 11.6 Å². The van der Waals surface area contributed by atoms with Gasteiger partial charge in [0.2, 0.25) is 0 Å². The number of nitrogens with one attached hydrogen (secondary N) is 1. The van der Waals surface area contributed by atoms with Crippen molar-refractivity contribution in [3.63, 3.8) is 0 Å². The monoisotopic (exact) mass is 341 g/mol. The van der Waals surface area contributed by atoms with Crippen molar-refractivity contribution in [2.24, 2.45) is 0 Å². The largest absolute Gasteiger partial charge is 0.485 e. The van der Waals surface area contributed by atoms with Crippen molar-refractivity contribution >= 4 is 15.9 Å². The molecule has 20 heavy (non-hydrogen) atoms. The van der Waals surface area contributed by atoms with Crippen LogP contribution < -0.4 is 10.1 Å². The fourth-order valence-electron chi connectivity index (χ4n) is 1.89. The lowest BCUT2D eigenvalue weighted by molar-refractivity contribution is 0.286. The summed E-state index contributed by atoms with van der Waals surface area (Å²) in [5.41, 5.74) is 1.36. The van der Waals surface area contributed by atoms with E-state index in [-0.39, 0.29) is 18.2 Å². The van der Waals surface area contributed by atoms with Crippen molar-refractivity contribution in [1.29, 1.82) is 0 Å². The summed E-state index contributed by atoms with van der Waals surface area (Å²) in [4.78, 5) is 0. The van der Waals surface area contributed by atoms with Gasteiger partial charge in [0.05, 0.1) is 0 Å². The minimum absolute atomic E-state index is 0.105. The molecule has 1 N–H and O–H groups in total. The third-order valence-corrected chi connectivity index (χ3v) is 3.18. The molecule has 2 rings (SSSR count). The Labute approximate surface area is 124 Å². The Bertz CT molecular complexity index is 584. The molecular weight excluding hydrogens is 328 g/mol. The van der Waals surface area contributed by atoms with Crippen molar-refractivity contribution in [3.8, 4) is 5.75 Å². The van der Waals surface area contributed by atoms with E-state index in [2.05, 4.69) is 21.2 Å². The topological polar surface area (TPSA) is 21.3 Å². The Balaban J connectivity index is 2.18. The highest BCUT2D eigenvalue weighted by atomic mass is 79.9. The van der Waals surface area contributed by atoms with Crippen LogP contribution in [0.4, 0.5) is 8.78 Å². The van der Waals surface area contributed by atoms with Crippen molar-refractivity contribution in [1.82, 2.24) is 5.32 Å². The van der Waals surface area contributed by atoms with Crippen LogP contribution >= 0.6 is 15.9 Å². The molecule has 2 aromatic carbocycles. The maximum absolute atomic E-state index is 13.8. The Morgan fingerprint density at radius 1 is 1.20 bits per heavy atom. The summed E-state index contributed by atoms with van der Waals surface area (Å²) in [6.07, 6.45) is 0. The number of para-hydroxylation sites is 1. The Morgan fingerprint density at radius 3 is 2.70 bits per heavy atom. The standard InChI is InChI=1S/C15H14BrF2NO/c1-19-8-11-3-2-4-14(18)15(11)20-9-10-5-12(16)7-13(17)6-10/h2-7,19H,8-9H2,1H3. The summed E-state index contributed by atoms with van der Waals surface area (Å²) in [6, 6.07) is 9.23. The predicted octanol–water partition coefficient (Wildman–Crippen LogP) is 4.03. The van der Waals surface area contributed by atoms with E-state index in [4.69, 9.17) is 4.74 Å². The number of ether oxygens (including phenoxy) is 1. The molecule has 0 radical (unpaired) electrons. The highest BCUT2D eigenvalue weighted by molar-refractivity contribution is 9.10. The minimum Gasteiger partial charge on any atom is -0.485 e. The van der Waals surface area contributed by atoms with Crippen LogP contribution in [0.2, 0.25) is 0 Å². The van der Waals surface area contributed by atoms with Crippen LogP contribution in [0.25, 0.3) is 0 Å². The van der Waals surface area contributed by atoms with E-state index in [1.165, 1.54) is 18.2 Å². The van der Waals surface area contributed by atoms with Crippen molar-refractivity contribution in [3.05, 3.63) is 63.6 Å². The van der Waals surface area contributed by atoms with Gasteiger partial charge in [-0.3, -0.25) is 0 Å². The molecule has 0 aliphatic heterocycles. The first kappa shape index (κ1) is 14.9. The molecule has 5 heteroatoms. The second kappa shape index (κ2) is 6.81. The van der Waals surface area contributed by atoms with Gasteiger partial charge in [0, 0.05) is 16.6 Å². The van der Waals surface area contributed by atoms with E-state index < -0.39 is 5.82 Å². The molecular formula is C15H14BrF2NO. The fraction of sp³-hybridized carbons (Fsp3) is 0.200. The molecule has 0 bridgehead atoms. The Kier molecular flexibility index (Phi) is 5.09. The van der Waals surface area contributed by atoms with Gasteiger partial charge in [0.15, 0.2) is 11.6 Å². The SMILES string of the molecule is CNCc1cccc(F)c1OCc1cc(F)cc(Br)c1. The summed E-state index contributed by atoms with van der Waals surface area (Å²) in [7, 11) is 1.78. The van der Waals surface area contributed by atoms with Gasteiger partial charge in [0.1, 0.15) is 12.4 Å². The highest BCUT2D eigenvalue weighted by Crippen LogP contribution is 2.24. The first-order chi connectivity index (χ1) is 9.60. The molecule has 0 saturated carbocycles. The molecule has 0 fully saturated rings. The van der Waals surface area contributed by atoms with Crippen LogP contribution in [0.1, 0.15) is 11.1 Å². The molecule has 2 aromatic rings. The van der Waals surface area contributed by atoms with Crippen molar-refractivity contribution < 1.29 is 13.5 Å². The first-order valence-electron chi connectivity index (χ1n) is 6.10. The number of benzene rings is 2. The van der Waals surface area contributed by atoms with Crippen LogP contribution in [-0.2, 0) is 13.2 Å². The molecule has 0 saturated heterocycles. The zero-order valence-corrected chi connectivity index (χ0v) is 12.5. The summed E-state index contributed by atoms with van der Waals surface area (Å²) >= 11 is 3.21. The lowest BCUT2D eigenvalue weighted by Gasteiger charge is -2.12. The zero-order valence-electron chi connectivity index (χ0n) is 10.9. The van der Waals surface area contributed by atoms with E-state index in [9.17, 15) is 8.78 Å². The number of hydrogen-bond acceptors (Lipinski definition) is 2. The summed E-state index contributed by atoms with van der Waals surface area (Å²) in [6.45, 7) is 0.605. The maximum Gasteiger partial charge on any atom is 0.165 e. The van der Waals surface area contributed by atoms with E-state index in [1.807, 2.05) is 0 Å². The normalized spacial score (nSPS) is 10.6.